The molecule has 90 valence electrons. The van der Waals surface area contributed by atoms with Crippen LogP contribution in [-0.2, 0) is 0 Å². The summed E-state index contributed by atoms with van der Waals surface area (Å²) in [7, 11) is 0. The molecule has 0 N–H and O–H groups in total. The van der Waals surface area contributed by atoms with E-state index in [1.165, 1.54) is 15.7 Å². The SMILES string of the molecule is O=c1/c(=C\c2ccc(Cl)c(Cl)c2)sc2nccn12. The number of hydrogen-bond acceptors (Lipinski definition) is 3. The van der Waals surface area contributed by atoms with Gasteiger partial charge in [-0.2, -0.15) is 0 Å². The number of halogens is 2. The van der Waals surface area contributed by atoms with Crippen LogP contribution in [0.25, 0.3) is 11.0 Å². The second-order valence-corrected chi connectivity index (χ2v) is 5.49. The molecule has 2 aromatic heterocycles. The van der Waals surface area contributed by atoms with Gasteiger partial charge in [-0.1, -0.05) is 40.6 Å². The van der Waals surface area contributed by atoms with Gasteiger partial charge in [0, 0.05) is 12.4 Å². The number of hydrogen-bond donors (Lipinski definition) is 0. The van der Waals surface area contributed by atoms with Gasteiger partial charge in [0.15, 0.2) is 4.96 Å². The molecule has 0 spiro atoms. The molecule has 0 unspecified atom stereocenters. The van der Waals surface area contributed by atoms with E-state index >= 15 is 0 Å². The summed E-state index contributed by atoms with van der Waals surface area (Å²) in [6.45, 7) is 0. The average molecular weight is 297 g/mol. The monoisotopic (exact) mass is 296 g/mol. The third-order valence-corrected chi connectivity index (χ3v) is 4.22. The summed E-state index contributed by atoms with van der Waals surface area (Å²) in [5, 5.41) is 0.969. The number of nitrogens with zero attached hydrogens (tertiary/aromatic N) is 2. The summed E-state index contributed by atoms with van der Waals surface area (Å²) >= 11 is 13.1. The van der Waals surface area contributed by atoms with Crippen molar-refractivity contribution in [3.63, 3.8) is 0 Å². The van der Waals surface area contributed by atoms with Gasteiger partial charge >= 0.3 is 0 Å². The smallest absolute Gasteiger partial charge is 0.267 e. The minimum atomic E-state index is -0.0708. The molecule has 0 aliphatic carbocycles. The van der Waals surface area contributed by atoms with Gasteiger partial charge < -0.3 is 0 Å². The van der Waals surface area contributed by atoms with E-state index in [2.05, 4.69) is 4.98 Å². The number of thiazole rings is 1. The fourth-order valence-electron chi connectivity index (χ4n) is 1.63. The minimum Gasteiger partial charge on any atom is -0.267 e. The van der Waals surface area contributed by atoms with E-state index in [4.69, 9.17) is 23.2 Å². The second-order valence-electron chi connectivity index (χ2n) is 3.67. The van der Waals surface area contributed by atoms with Crippen molar-refractivity contribution in [2.24, 2.45) is 0 Å². The van der Waals surface area contributed by atoms with Gasteiger partial charge in [-0.05, 0) is 23.8 Å². The van der Waals surface area contributed by atoms with E-state index < -0.39 is 0 Å². The lowest BCUT2D eigenvalue weighted by molar-refractivity contribution is 1.14. The molecular weight excluding hydrogens is 291 g/mol. The Hall–Kier alpha value is -1.36. The lowest BCUT2D eigenvalue weighted by Gasteiger charge is -1.96. The lowest BCUT2D eigenvalue weighted by Crippen LogP contribution is -2.22. The highest BCUT2D eigenvalue weighted by atomic mass is 35.5. The van der Waals surface area contributed by atoms with Crippen LogP contribution in [0.3, 0.4) is 0 Å². The molecule has 18 heavy (non-hydrogen) atoms. The highest BCUT2D eigenvalue weighted by Crippen LogP contribution is 2.22. The van der Waals surface area contributed by atoms with Gasteiger partial charge in [-0.15, -0.1) is 0 Å². The molecule has 0 saturated heterocycles. The van der Waals surface area contributed by atoms with Crippen LogP contribution >= 0.6 is 34.5 Å². The van der Waals surface area contributed by atoms with Crippen molar-refractivity contribution in [1.82, 2.24) is 9.38 Å². The molecule has 0 atom stereocenters. The molecule has 0 aliphatic heterocycles. The predicted octanol–water partition coefficient (Wildman–Crippen LogP) is 2.61. The third kappa shape index (κ3) is 1.92. The first-order chi connectivity index (χ1) is 8.65. The Morgan fingerprint density at radius 1 is 1.28 bits per heavy atom. The van der Waals surface area contributed by atoms with Gasteiger partial charge in [0.2, 0.25) is 0 Å². The molecular formula is C12H6Cl2N2OS. The maximum atomic E-state index is 12.0. The maximum absolute atomic E-state index is 12.0. The van der Waals surface area contributed by atoms with Gasteiger partial charge in [-0.3, -0.25) is 9.20 Å². The topological polar surface area (TPSA) is 34.4 Å². The van der Waals surface area contributed by atoms with Crippen molar-refractivity contribution < 1.29 is 0 Å². The van der Waals surface area contributed by atoms with E-state index in [0.29, 0.717) is 19.5 Å². The van der Waals surface area contributed by atoms with Crippen LogP contribution in [0.15, 0.2) is 35.4 Å². The van der Waals surface area contributed by atoms with Crippen molar-refractivity contribution in [1.29, 1.82) is 0 Å². The predicted molar refractivity (Wildman–Crippen MR) is 74.6 cm³/mol. The standard InChI is InChI=1S/C12H6Cl2N2OS/c13-8-2-1-7(5-9(8)14)6-10-11(17)16-4-3-15-12(16)18-10/h1-6H/b10-6+. The molecule has 0 amide bonds. The van der Waals surface area contributed by atoms with Crippen LogP contribution in [-0.4, -0.2) is 9.38 Å². The van der Waals surface area contributed by atoms with Crippen molar-refractivity contribution in [2.45, 2.75) is 0 Å². The largest absolute Gasteiger partial charge is 0.274 e. The zero-order chi connectivity index (χ0) is 12.7. The Labute approximate surface area is 116 Å². The molecule has 0 aliphatic rings. The van der Waals surface area contributed by atoms with Gasteiger partial charge in [-0.25, -0.2) is 4.98 Å². The number of rotatable bonds is 1. The summed E-state index contributed by atoms with van der Waals surface area (Å²) in [4.78, 5) is 16.8. The summed E-state index contributed by atoms with van der Waals surface area (Å²) in [6.07, 6.45) is 5.04. The fraction of sp³-hybridized carbons (Fsp3) is 0. The summed E-state index contributed by atoms with van der Waals surface area (Å²) in [6, 6.07) is 5.25. The lowest BCUT2D eigenvalue weighted by atomic mass is 10.2. The van der Waals surface area contributed by atoms with Crippen LogP contribution in [0.5, 0.6) is 0 Å². The van der Waals surface area contributed by atoms with Crippen LogP contribution in [0, 0.1) is 0 Å². The summed E-state index contributed by atoms with van der Waals surface area (Å²) in [5.41, 5.74) is 0.768. The van der Waals surface area contributed by atoms with Gasteiger partial charge in [0.1, 0.15) is 0 Å². The number of benzene rings is 1. The van der Waals surface area contributed by atoms with Crippen molar-refractivity contribution in [2.75, 3.05) is 0 Å². The second kappa shape index (κ2) is 4.39. The summed E-state index contributed by atoms with van der Waals surface area (Å²) < 4.78 is 2.14. The molecule has 1 aromatic carbocycles. The third-order valence-electron chi connectivity index (χ3n) is 2.48. The van der Waals surface area contributed by atoms with E-state index in [1.807, 2.05) is 6.07 Å². The van der Waals surface area contributed by atoms with E-state index in [9.17, 15) is 4.79 Å². The molecule has 2 heterocycles. The molecule has 0 bridgehead atoms. The minimum absolute atomic E-state index is 0.0708. The number of imidazole rings is 1. The molecule has 0 fully saturated rings. The van der Waals surface area contributed by atoms with E-state index in [0.717, 1.165) is 5.56 Å². The van der Waals surface area contributed by atoms with Crippen molar-refractivity contribution in [3.8, 4) is 0 Å². The average Bonchev–Trinajstić information content (AvgIpc) is 2.89. The summed E-state index contributed by atoms with van der Waals surface area (Å²) in [5.74, 6) is 0. The van der Waals surface area contributed by atoms with Crippen LogP contribution in [0.4, 0.5) is 0 Å². The maximum Gasteiger partial charge on any atom is 0.274 e. The molecule has 3 nitrogen and oxygen atoms in total. The molecule has 3 rings (SSSR count). The first-order valence-corrected chi connectivity index (χ1v) is 6.65. The van der Waals surface area contributed by atoms with E-state index in [-0.39, 0.29) is 5.56 Å². The van der Waals surface area contributed by atoms with Crippen molar-refractivity contribution in [3.05, 3.63) is 61.1 Å². The Kier molecular flexibility index (Phi) is 2.86. The Balaban J connectivity index is 2.21. The van der Waals surface area contributed by atoms with Crippen molar-refractivity contribution >= 4 is 45.6 Å². The molecule has 0 radical (unpaired) electrons. The van der Waals surface area contributed by atoms with Crippen LogP contribution < -0.4 is 10.1 Å². The Bertz CT molecular complexity index is 837. The first kappa shape index (κ1) is 11.7. The zero-order valence-electron chi connectivity index (χ0n) is 8.93. The Morgan fingerprint density at radius 3 is 2.83 bits per heavy atom. The highest BCUT2D eigenvalue weighted by molar-refractivity contribution is 7.15. The number of aromatic nitrogens is 2. The van der Waals surface area contributed by atoms with Gasteiger partial charge in [0.05, 0.1) is 14.6 Å². The fourth-order valence-corrected chi connectivity index (χ4v) is 2.86. The quantitative estimate of drug-likeness (QED) is 0.692. The van der Waals surface area contributed by atoms with E-state index in [1.54, 1.807) is 30.6 Å². The highest BCUT2D eigenvalue weighted by Gasteiger charge is 2.04. The molecule has 6 heteroatoms. The number of fused-ring (bicyclic) bond motifs is 1. The van der Waals surface area contributed by atoms with Gasteiger partial charge in [0.25, 0.3) is 5.56 Å². The normalized spacial score (nSPS) is 12.4. The Morgan fingerprint density at radius 2 is 2.11 bits per heavy atom. The first-order valence-electron chi connectivity index (χ1n) is 5.08. The van der Waals surface area contributed by atoms with Crippen LogP contribution in [0.1, 0.15) is 5.56 Å². The van der Waals surface area contributed by atoms with Crippen LogP contribution in [0.2, 0.25) is 10.0 Å². The molecule has 0 saturated carbocycles. The zero-order valence-corrected chi connectivity index (χ0v) is 11.3. The molecule has 3 aromatic rings.